The van der Waals surface area contributed by atoms with Crippen molar-refractivity contribution in [2.45, 2.75) is 0 Å². The molecule has 0 aromatic heterocycles. The van der Waals surface area contributed by atoms with Crippen molar-refractivity contribution in [1.82, 2.24) is 0 Å². The molecule has 0 unspecified atom stereocenters. The summed E-state index contributed by atoms with van der Waals surface area (Å²) in [5.41, 5.74) is 0.437. The van der Waals surface area contributed by atoms with Gasteiger partial charge in [-0.05, 0) is 30.3 Å². The Morgan fingerprint density at radius 2 is 1.35 bits per heavy atom. The van der Waals surface area contributed by atoms with Crippen molar-refractivity contribution in [3.63, 3.8) is 0 Å². The van der Waals surface area contributed by atoms with Crippen molar-refractivity contribution in [2.24, 2.45) is 0 Å². The number of ketones is 1. The number of hydrogen-bond acceptors (Lipinski definition) is 3. The second-order valence-corrected chi connectivity index (χ2v) is 4.30. The molecule has 1 aliphatic rings. The largest absolute Gasteiger partial charge is 0.306 e. The highest BCUT2D eigenvalue weighted by Crippen LogP contribution is 2.25. The quantitative estimate of drug-likeness (QED) is 0.589. The van der Waals surface area contributed by atoms with Gasteiger partial charge in [-0.2, -0.15) is 0 Å². The monoisotopic (exact) mass is 269 g/mol. The van der Waals surface area contributed by atoms with E-state index in [4.69, 9.17) is 0 Å². The highest BCUT2D eigenvalue weighted by Gasteiger charge is 2.38. The maximum atomic E-state index is 12.9. The van der Waals surface area contributed by atoms with Crippen LogP contribution in [0.4, 0.5) is 10.1 Å². The average Bonchev–Trinajstić information content (AvgIpc) is 2.47. The fourth-order valence-corrected chi connectivity index (χ4v) is 2.12. The lowest BCUT2D eigenvalue weighted by Crippen LogP contribution is -2.46. The molecule has 4 nitrogen and oxygen atoms in total. The van der Waals surface area contributed by atoms with Crippen LogP contribution in [0.15, 0.2) is 48.5 Å². The van der Waals surface area contributed by atoms with E-state index in [1.807, 2.05) is 0 Å². The lowest BCUT2D eigenvalue weighted by molar-refractivity contribution is -0.114. The second kappa shape index (κ2) is 4.38. The van der Waals surface area contributed by atoms with Crippen molar-refractivity contribution >= 4 is 23.3 Å². The molecule has 5 heteroatoms. The Kier molecular flexibility index (Phi) is 2.68. The molecule has 0 saturated heterocycles. The first-order chi connectivity index (χ1) is 9.59. The smallest absolute Gasteiger partial charge is 0.283 e. The number of halogens is 1. The van der Waals surface area contributed by atoms with E-state index in [0.717, 1.165) is 17.0 Å². The van der Waals surface area contributed by atoms with Crippen LogP contribution < -0.4 is 4.90 Å². The summed E-state index contributed by atoms with van der Waals surface area (Å²) in [6, 6.07) is 10.9. The molecule has 0 fully saturated rings. The van der Waals surface area contributed by atoms with Gasteiger partial charge in [0.05, 0.1) is 11.3 Å². The molecule has 98 valence electrons. The molecule has 0 atom stereocenters. The Labute approximate surface area is 113 Å². The average molecular weight is 269 g/mol. The minimum atomic E-state index is -0.930. The van der Waals surface area contributed by atoms with Crippen LogP contribution in [0.2, 0.25) is 0 Å². The van der Waals surface area contributed by atoms with Gasteiger partial charge in [-0.25, -0.2) is 9.29 Å². The molecule has 0 bridgehead atoms. The van der Waals surface area contributed by atoms with E-state index in [-0.39, 0.29) is 16.8 Å². The number of carbonyl (C=O) groups is 3. The molecule has 1 aliphatic heterocycles. The van der Waals surface area contributed by atoms with E-state index >= 15 is 0 Å². The molecule has 2 aromatic rings. The highest BCUT2D eigenvalue weighted by atomic mass is 19.1. The SMILES string of the molecule is O=C1C(=O)N(c2ccc(F)cc2)C(=O)c2ccccc21. The summed E-state index contributed by atoms with van der Waals surface area (Å²) in [5.74, 6) is -2.75. The number of imide groups is 1. The summed E-state index contributed by atoms with van der Waals surface area (Å²) in [7, 11) is 0. The van der Waals surface area contributed by atoms with Crippen molar-refractivity contribution in [2.75, 3.05) is 4.90 Å². The molecule has 0 aliphatic carbocycles. The first-order valence-electron chi connectivity index (χ1n) is 5.87. The van der Waals surface area contributed by atoms with Crippen molar-refractivity contribution in [3.05, 3.63) is 65.5 Å². The normalized spacial score (nSPS) is 14.4. The van der Waals surface area contributed by atoms with Gasteiger partial charge in [0.25, 0.3) is 11.7 Å². The Morgan fingerprint density at radius 1 is 0.750 bits per heavy atom. The molecular formula is C15H8FNO3. The molecule has 2 aromatic carbocycles. The van der Waals surface area contributed by atoms with E-state index < -0.39 is 23.4 Å². The van der Waals surface area contributed by atoms with Gasteiger partial charge in [-0.1, -0.05) is 18.2 Å². The number of hydrogen-bond donors (Lipinski definition) is 0. The Balaban J connectivity index is 2.14. The number of carbonyl (C=O) groups excluding carboxylic acids is 3. The van der Waals surface area contributed by atoms with Gasteiger partial charge in [-0.15, -0.1) is 0 Å². The summed E-state index contributed by atoms with van der Waals surface area (Å²) < 4.78 is 12.9. The van der Waals surface area contributed by atoms with Gasteiger partial charge in [-0.3, -0.25) is 14.4 Å². The zero-order valence-corrected chi connectivity index (χ0v) is 10.2. The predicted octanol–water partition coefficient (Wildman–Crippen LogP) is 2.20. The summed E-state index contributed by atoms with van der Waals surface area (Å²) in [4.78, 5) is 37.1. The maximum Gasteiger partial charge on any atom is 0.306 e. The number of anilines is 1. The minimum Gasteiger partial charge on any atom is -0.283 e. The third kappa shape index (κ3) is 1.72. The highest BCUT2D eigenvalue weighted by molar-refractivity contribution is 6.55. The molecular weight excluding hydrogens is 261 g/mol. The molecule has 3 rings (SSSR count). The van der Waals surface area contributed by atoms with E-state index in [1.165, 1.54) is 24.3 Å². The standard InChI is InChI=1S/C15H8FNO3/c16-9-5-7-10(8-6-9)17-14(19)12-4-2-1-3-11(12)13(18)15(17)20/h1-8H. The van der Waals surface area contributed by atoms with Crippen LogP contribution in [-0.2, 0) is 4.79 Å². The van der Waals surface area contributed by atoms with Crippen LogP contribution in [0, 0.1) is 5.82 Å². The van der Waals surface area contributed by atoms with Gasteiger partial charge >= 0.3 is 5.91 Å². The van der Waals surface area contributed by atoms with E-state index in [2.05, 4.69) is 0 Å². The van der Waals surface area contributed by atoms with Crippen LogP contribution in [0.25, 0.3) is 0 Å². The van der Waals surface area contributed by atoms with Gasteiger partial charge in [0.1, 0.15) is 5.82 Å². The lowest BCUT2D eigenvalue weighted by atomic mass is 9.97. The van der Waals surface area contributed by atoms with Gasteiger partial charge in [0, 0.05) is 5.56 Å². The van der Waals surface area contributed by atoms with Gasteiger partial charge in [0.2, 0.25) is 0 Å². The number of amides is 2. The van der Waals surface area contributed by atoms with Crippen LogP contribution >= 0.6 is 0 Å². The molecule has 0 saturated carbocycles. The molecule has 1 heterocycles. The Hall–Kier alpha value is -2.82. The number of fused-ring (bicyclic) bond motifs is 1. The van der Waals surface area contributed by atoms with Gasteiger partial charge in [0.15, 0.2) is 0 Å². The number of benzene rings is 2. The second-order valence-electron chi connectivity index (χ2n) is 4.30. The maximum absolute atomic E-state index is 12.9. The lowest BCUT2D eigenvalue weighted by Gasteiger charge is -2.25. The molecule has 2 amide bonds. The van der Waals surface area contributed by atoms with Crippen LogP contribution in [0.1, 0.15) is 20.7 Å². The van der Waals surface area contributed by atoms with Crippen molar-refractivity contribution in [3.8, 4) is 0 Å². The zero-order valence-electron chi connectivity index (χ0n) is 10.2. The topological polar surface area (TPSA) is 54.5 Å². The number of rotatable bonds is 1. The fourth-order valence-electron chi connectivity index (χ4n) is 2.12. The first-order valence-corrected chi connectivity index (χ1v) is 5.87. The van der Waals surface area contributed by atoms with Crippen molar-refractivity contribution in [1.29, 1.82) is 0 Å². The minimum absolute atomic E-state index is 0.0980. The summed E-state index contributed by atoms with van der Waals surface area (Å²) in [6.45, 7) is 0. The molecule has 0 spiro atoms. The first kappa shape index (κ1) is 12.2. The molecule has 0 N–H and O–H groups in total. The van der Waals surface area contributed by atoms with E-state index in [1.54, 1.807) is 12.1 Å². The summed E-state index contributed by atoms with van der Waals surface area (Å²) >= 11 is 0. The Bertz CT molecular complexity index is 737. The summed E-state index contributed by atoms with van der Waals surface area (Å²) in [5, 5.41) is 0. The predicted molar refractivity (Wildman–Crippen MR) is 69.0 cm³/mol. The Morgan fingerprint density at radius 3 is 2.00 bits per heavy atom. The van der Waals surface area contributed by atoms with Crippen molar-refractivity contribution < 1.29 is 18.8 Å². The van der Waals surface area contributed by atoms with E-state index in [9.17, 15) is 18.8 Å². The zero-order chi connectivity index (χ0) is 14.3. The number of Topliss-reactive ketones (excluding diaryl/α,β-unsaturated/α-hetero) is 1. The molecule has 0 radical (unpaired) electrons. The number of nitrogens with zero attached hydrogens (tertiary/aromatic N) is 1. The van der Waals surface area contributed by atoms with E-state index in [0.29, 0.717) is 0 Å². The van der Waals surface area contributed by atoms with Crippen LogP contribution in [0.5, 0.6) is 0 Å². The fraction of sp³-hybridized carbons (Fsp3) is 0. The summed E-state index contributed by atoms with van der Waals surface area (Å²) in [6.07, 6.45) is 0. The van der Waals surface area contributed by atoms with Crippen LogP contribution in [-0.4, -0.2) is 17.6 Å². The van der Waals surface area contributed by atoms with Gasteiger partial charge < -0.3 is 0 Å². The third-order valence-electron chi connectivity index (χ3n) is 3.09. The molecule has 20 heavy (non-hydrogen) atoms. The third-order valence-corrected chi connectivity index (χ3v) is 3.09. The van der Waals surface area contributed by atoms with Crippen LogP contribution in [0.3, 0.4) is 0 Å².